The fraction of sp³-hybridized carbons (Fsp3) is 0.500. The Labute approximate surface area is 433 Å². The minimum Gasteiger partial charge on any atom is -0.753 e. The van der Waals surface area contributed by atoms with Gasteiger partial charge in [-0.2, -0.15) is 10.3 Å². The molecule has 0 aromatic carbocycles. The first-order chi connectivity index (χ1) is 32.9. The van der Waals surface area contributed by atoms with E-state index in [0.29, 0.717) is 33.9 Å². The molecule has 2 amide bonds. The quantitative estimate of drug-likeness (QED) is 0.0235. The van der Waals surface area contributed by atoms with Gasteiger partial charge in [0.25, 0.3) is 11.8 Å². The second-order valence-electron chi connectivity index (χ2n) is 16.3. The van der Waals surface area contributed by atoms with Crippen LogP contribution in [0.15, 0.2) is 73.3 Å². The Morgan fingerprint density at radius 1 is 0.464 bits per heavy atom. The van der Waals surface area contributed by atoms with Gasteiger partial charge in [-0.15, -0.1) is 0 Å². The van der Waals surface area contributed by atoms with Gasteiger partial charge in [0.15, 0.2) is 0 Å². The van der Waals surface area contributed by atoms with Crippen LogP contribution >= 0.6 is 24.4 Å². The van der Waals surface area contributed by atoms with Gasteiger partial charge < -0.3 is 30.8 Å². The summed E-state index contributed by atoms with van der Waals surface area (Å²) in [6.07, 6.45) is 31.3. The van der Waals surface area contributed by atoms with Crippen LogP contribution in [-0.2, 0) is 19.5 Å². The molecule has 4 heterocycles. The molecule has 0 atom stereocenters. The van der Waals surface area contributed by atoms with Crippen LogP contribution in [0.2, 0.25) is 0 Å². The largest absolute Gasteiger partial charge is 2.00 e. The van der Waals surface area contributed by atoms with E-state index in [-0.39, 0.29) is 42.4 Å². The van der Waals surface area contributed by atoms with Gasteiger partial charge in [-0.05, 0) is 61.4 Å². The Balaban J connectivity index is 0.00000119. The number of hydrogen-bond donors (Lipinski definition) is 2. The van der Waals surface area contributed by atoms with Crippen molar-refractivity contribution in [1.82, 2.24) is 29.7 Å². The second-order valence-corrected chi connectivity index (χ2v) is 16.7. The number of amides is 2. The number of isothiocyanates is 2. The van der Waals surface area contributed by atoms with Gasteiger partial charge in [-0.1, -0.05) is 154 Å². The van der Waals surface area contributed by atoms with Crippen molar-refractivity contribution in [2.75, 3.05) is 27.2 Å². The van der Waals surface area contributed by atoms with Gasteiger partial charge in [0.2, 0.25) is 0 Å². The molecule has 374 valence electrons. The summed E-state index contributed by atoms with van der Waals surface area (Å²) < 4.78 is 0. The summed E-state index contributed by atoms with van der Waals surface area (Å²) in [5.74, 6) is -2.16. The zero-order valence-electron chi connectivity index (χ0n) is 40.8. The first-order valence-electron chi connectivity index (χ1n) is 23.7. The Morgan fingerprint density at radius 2 is 0.681 bits per heavy atom. The topological polar surface area (TPSA) is 211 Å². The summed E-state index contributed by atoms with van der Waals surface area (Å²) in [6.45, 7) is 5.93. The van der Waals surface area contributed by atoms with E-state index in [2.05, 4.69) is 58.2 Å². The molecule has 2 N–H and O–H groups in total. The molecule has 4 aromatic heterocycles. The van der Waals surface area contributed by atoms with Crippen LogP contribution < -0.4 is 0 Å². The van der Waals surface area contributed by atoms with E-state index in [4.69, 9.17) is 21.0 Å². The smallest absolute Gasteiger partial charge is 0.753 e. The van der Waals surface area contributed by atoms with E-state index < -0.39 is 11.9 Å². The minimum atomic E-state index is -1.02. The van der Waals surface area contributed by atoms with Crippen molar-refractivity contribution in [1.29, 1.82) is 0 Å². The molecule has 0 aliphatic rings. The Hall–Kier alpha value is -5.30. The number of rotatable bonds is 28. The molecule has 69 heavy (non-hydrogen) atoms. The number of nitrogens with zero attached hydrogens (tertiary/aromatic N) is 8. The SMILES string of the molecule is CCCCCCCCCCCCN(C)C(=O)c1ccnc(-c2cc(C(=O)O)ccn2)c1.CCCCCCCCCCCCN(C)C(=O)c1ccnc(-c2cc(C(=O)O)ccn2)c1.[N-]=C=S.[N-]=C=S.[Ru+2]. The van der Waals surface area contributed by atoms with E-state index >= 15 is 0 Å². The number of hydrogen-bond acceptors (Lipinski definition) is 10. The zero-order chi connectivity index (χ0) is 50.4. The molecule has 4 rings (SSSR count). The fourth-order valence-electron chi connectivity index (χ4n) is 7.13. The van der Waals surface area contributed by atoms with Crippen LogP contribution in [0, 0.1) is 0 Å². The number of pyridine rings is 4. The minimum absolute atomic E-state index is 0. The molecule has 0 unspecified atom stereocenters. The van der Waals surface area contributed by atoms with Gasteiger partial charge in [0.1, 0.15) is 0 Å². The van der Waals surface area contributed by atoms with E-state index in [9.17, 15) is 19.2 Å². The fourth-order valence-corrected chi connectivity index (χ4v) is 7.13. The van der Waals surface area contributed by atoms with Gasteiger partial charge in [0.05, 0.1) is 33.9 Å². The standard InChI is InChI=1S/2C25H35N3O3.2CNS.Ru/c2*1-3-4-5-6-7-8-9-10-11-12-17-28(2)24(29)20-13-15-26-22(18-20)23-19-21(25(30)31)14-16-27-23;2*2-1-3;/h2*13-16,18-19H,3-12,17H2,1-2H3,(H,30,31);;;/q;;2*-1;+2. The van der Waals surface area contributed by atoms with Crippen LogP contribution in [-0.4, -0.2) is 101 Å². The molecule has 0 saturated carbocycles. The van der Waals surface area contributed by atoms with Gasteiger partial charge >= 0.3 is 31.4 Å². The molecule has 0 radical (unpaired) electrons. The normalized spacial score (nSPS) is 9.91. The maximum Gasteiger partial charge on any atom is 2.00 e. The van der Waals surface area contributed by atoms with Crippen molar-refractivity contribution in [3.8, 4) is 22.8 Å². The molecule has 14 nitrogen and oxygen atoms in total. The summed E-state index contributed by atoms with van der Waals surface area (Å²) in [4.78, 5) is 68.3. The van der Waals surface area contributed by atoms with Gasteiger partial charge in [-0.3, -0.25) is 29.5 Å². The average Bonchev–Trinajstić information content (AvgIpc) is 3.35. The Bertz CT molecular complexity index is 2020. The number of carbonyl (C=O) groups excluding carboxylic acids is 2. The number of thiocarbonyl (C=S) groups is 2. The van der Waals surface area contributed by atoms with Gasteiger partial charge in [-0.25, -0.2) is 9.59 Å². The third kappa shape index (κ3) is 28.1. The molecule has 0 spiro atoms. The number of aromatic nitrogens is 4. The third-order valence-corrected chi connectivity index (χ3v) is 10.9. The molecular formula is C52H70N8O6RuS2. The maximum atomic E-state index is 12.8. The third-order valence-electron chi connectivity index (χ3n) is 10.9. The summed E-state index contributed by atoms with van der Waals surface area (Å²) in [5.41, 5.74) is 3.19. The summed E-state index contributed by atoms with van der Waals surface area (Å²) in [6, 6.07) is 12.5. The van der Waals surface area contributed by atoms with Crippen LogP contribution in [0.25, 0.3) is 33.6 Å². The van der Waals surface area contributed by atoms with Crippen molar-refractivity contribution in [3.63, 3.8) is 0 Å². The van der Waals surface area contributed by atoms with E-state index in [0.717, 1.165) is 38.8 Å². The number of carbonyl (C=O) groups is 4. The van der Waals surface area contributed by atoms with Crippen LogP contribution in [0.1, 0.15) is 184 Å². The van der Waals surface area contributed by atoms with Gasteiger partial charge in [0, 0.05) is 63.1 Å². The van der Waals surface area contributed by atoms with Crippen LogP contribution in [0.5, 0.6) is 0 Å². The maximum absolute atomic E-state index is 12.8. The molecule has 17 heteroatoms. The molecule has 0 saturated heterocycles. The summed E-state index contributed by atoms with van der Waals surface area (Å²) in [5, 5.41) is 35.2. The van der Waals surface area contributed by atoms with E-state index in [1.54, 1.807) is 46.5 Å². The predicted octanol–water partition coefficient (Wildman–Crippen LogP) is 13.0. The number of aromatic carboxylic acids is 2. The van der Waals surface area contributed by atoms with E-state index in [1.165, 1.54) is 150 Å². The van der Waals surface area contributed by atoms with Crippen LogP contribution in [0.4, 0.5) is 0 Å². The number of unbranched alkanes of at least 4 members (excludes halogenated alkanes) is 18. The Kier molecular flexibility index (Phi) is 37.5. The van der Waals surface area contributed by atoms with Crippen LogP contribution in [0.3, 0.4) is 0 Å². The summed E-state index contributed by atoms with van der Waals surface area (Å²) >= 11 is 7.40. The first-order valence-corrected chi connectivity index (χ1v) is 24.5. The first kappa shape index (κ1) is 63.7. The van der Waals surface area contributed by atoms with E-state index in [1.807, 2.05) is 14.1 Å². The molecular weight excluding hydrogens is 998 g/mol. The summed E-state index contributed by atoms with van der Waals surface area (Å²) in [7, 11) is 3.64. The van der Waals surface area contributed by atoms with Crippen molar-refractivity contribution in [2.45, 2.75) is 142 Å². The number of carboxylic acids is 2. The molecule has 0 fully saturated rings. The van der Waals surface area contributed by atoms with Crippen molar-refractivity contribution < 1.29 is 48.9 Å². The predicted molar refractivity (Wildman–Crippen MR) is 278 cm³/mol. The van der Waals surface area contributed by atoms with Crippen molar-refractivity contribution in [3.05, 3.63) is 106 Å². The molecule has 4 aromatic rings. The van der Waals surface area contributed by atoms with Crippen molar-refractivity contribution >= 4 is 58.5 Å². The van der Waals surface area contributed by atoms with Crippen molar-refractivity contribution in [2.24, 2.45) is 0 Å². The number of carboxylic acid groups (broad SMARTS) is 2. The zero-order valence-corrected chi connectivity index (χ0v) is 44.1. The average molecular weight is 1070 g/mol. The monoisotopic (exact) mass is 1070 g/mol. The molecule has 0 aliphatic carbocycles. The molecule has 0 aliphatic heterocycles. The second kappa shape index (κ2) is 40.6. The molecule has 0 bridgehead atoms. The Morgan fingerprint density at radius 3 is 0.928 bits per heavy atom.